The zero-order valence-electron chi connectivity index (χ0n) is 41.3. The molecule has 10 atom stereocenters. The Labute approximate surface area is 419 Å². The zero-order chi connectivity index (χ0) is 49.3. The first-order chi connectivity index (χ1) is 34.7. The molecule has 12 heteroatoms. The summed E-state index contributed by atoms with van der Waals surface area (Å²) in [5, 5.41) is 12.7. The molecule has 71 heavy (non-hydrogen) atoms. The van der Waals surface area contributed by atoms with Gasteiger partial charge in [0.05, 0.1) is 23.7 Å². The Balaban J connectivity index is 0.818. The van der Waals surface area contributed by atoms with Crippen LogP contribution < -0.4 is 21.3 Å². The van der Waals surface area contributed by atoms with Gasteiger partial charge in [-0.25, -0.2) is 0 Å². The smallest absolute Gasteiger partial charge is 0.253 e. The van der Waals surface area contributed by atoms with E-state index < -0.39 is 23.7 Å². The van der Waals surface area contributed by atoms with Crippen LogP contribution in [0.2, 0.25) is 0 Å². The molecule has 4 aromatic rings. The van der Waals surface area contributed by atoms with E-state index in [9.17, 15) is 28.8 Å². The van der Waals surface area contributed by atoms with Gasteiger partial charge in [0.15, 0.2) is 0 Å². The summed E-state index contributed by atoms with van der Waals surface area (Å²) in [6, 6.07) is 36.6. The molecule has 374 valence electrons. The van der Waals surface area contributed by atoms with Crippen LogP contribution in [0.4, 0.5) is 0 Å². The number of nitrogens with one attached hydrogen (secondary N) is 4. The highest BCUT2D eigenvalue weighted by Crippen LogP contribution is 2.43. The van der Waals surface area contributed by atoms with Crippen LogP contribution in [0.25, 0.3) is 0 Å². The first-order valence-corrected chi connectivity index (χ1v) is 26.7. The van der Waals surface area contributed by atoms with E-state index in [1.54, 1.807) is 34.1 Å². The minimum atomic E-state index is -0.727. The van der Waals surface area contributed by atoms with Crippen molar-refractivity contribution in [3.63, 3.8) is 0 Å². The number of carbonyl (C=O) groups excluding carboxylic acids is 6. The maximum atomic E-state index is 14.2. The Morgan fingerprint density at radius 1 is 0.408 bits per heavy atom. The Kier molecular flexibility index (Phi) is 16.3. The summed E-state index contributed by atoms with van der Waals surface area (Å²) >= 11 is 0. The molecule has 2 heterocycles. The highest BCUT2D eigenvalue weighted by atomic mass is 16.2. The Bertz CT molecular complexity index is 2390. The van der Waals surface area contributed by atoms with E-state index in [0.717, 1.165) is 38.5 Å². The summed E-state index contributed by atoms with van der Waals surface area (Å²) in [5.74, 6) is -3.73. The third-order valence-corrected chi connectivity index (χ3v) is 15.8. The molecule has 3 saturated carbocycles. The summed E-state index contributed by atoms with van der Waals surface area (Å²) in [6.07, 6.45) is 14.4. The van der Waals surface area contributed by atoms with E-state index in [2.05, 4.69) is 64.6 Å². The van der Waals surface area contributed by atoms with Gasteiger partial charge in [-0.1, -0.05) is 156 Å². The Hall–Kier alpha value is -6.30. The maximum absolute atomic E-state index is 14.2. The van der Waals surface area contributed by atoms with Gasteiger partial charge in [0.25, 0.3) is 11.8 Å². The fourth-order valence-electron chi connectivity index (χ4n) is 11.2. The van der Waals surface area contributed by atoms with Crippen LogP contribution in [-0.4, -0.2) is 96.1 Å². The standard InChI is InChI=1S/C59H72N6O6/c1-2-3-4-5-6-7-8-9-10-20-31-60-54(66)47-35-64(36-48(47)55(67)61-51-32-44(51)39-21-14-11-15-22-39)58(70)42-27-29-43(30-28-42)59(71)65-37-49(56(68)62-52-33-45(52)40-23-16-12-17-24-40)50(38-65)57(69)63-53-34-46(53)41-25-18-13-19-26-41/h11-19,21-30,44-53H,2-10,20,31-38H2,1H3,(H,60,66)(H,61,67)(H,62,68)(H,63,69)/t44-,45-,46-,47-,48-,49-,50-,51+,52+,53+/m1/s1. The molecule has 0 aromatic heterocycles. The van der Waals surface area contributed by atoms with E-state index in [0.29, 0.717) is 17.7 Å². The maximum Gasteiger partial charge on any atom is 0.253 e. The van der Waals surface area contributed by atoms with Crippen molar-refractivity contribution in [1.82, 2.24) is 31.1 Å². The van der Waals surface area contributed by atoms with Crippen molar-refractivity contribution in [3.05, 3.63) is 143 Å². The summed E-state index contributed by atoms with van der Waals surface area (Å²) in [6.45, 7) is 3.15. The number of amides is 6. The Morgan fingerprint density at radius 3 is 1.06 bits per heavy atom. The van der Waals surface area contributed by atoms with Gasteiger partial charge in [0, 0.05) is 79.7 Å². The van der Waals surface area contributed by atoms with Gasteiger partial charge in [-0.15, -0.1) is 0 Å². The van der Waals surface area contributed by atoms with Crippen LogP contribution in [0, 0.1) is 23.7 Å². The average Bonchev–Trinajstić information content (AvgIpc) is 4.37. The molecule has 9 rings (SSSR count). The van der Waals surface area contributed by atoms with Crippen LogP contribution in [0.15, 0.2) is 115 Å². The third-order valence-electron chi connectivity index (χ3n) is 15.8. The van der Waals surface area contributed by atoms with Crippen molar-refractivity contribution in [2.45, 2.75) is 126 Å². The molecule has 0 spiro atoms. The molecule has 2 saturated heterocycles. The van der Waals surface area contributed by atoms with Gasteiger partial charge < -0.3 is 31.1 Å². The number of hydrogen-bond acceptors (Lipinski definition) is 6. The van der Waals surface area contributed by atoms with Crippen molar-refractivity contribution >= 4 is 35.4 Å². The predicted octanol–water partition coefficient (Wildman–Crippen LogP) is 8.12. The first kappa shape index (κ1) is 49.7. The number of hydrogen-bond donors (Lipinski definition) is 4. The average molecular weight is 961 g/mol. The molecule has 0 radical (unpaired) electrons. The number of nitrogens with zero attached hydrogens (tertiary/aromatic N) is 2. The third kappa shape index (κ3) is 12.6. The molecule has 3 aliphatic carbocycles. The number of likely N-dealkylation sites (tertiary alicyclic amines) is 2. The summed E-state index contributed by atoms with van der Waals surface area (Å²) < 4.78 is 0. The molecule has 5 aliphatic rings. The van der Waals surface area contributed by atoms with E-state index in [1.165, 1.54) is 61.6 Å². The van der Waals surface area contributed by atoms with Crippen LogP contribution in [0.3, 0.4) is 0 Å². The lowest BCUT2D eigenvalue weighted by Gasteiger charge is -2.18. The monoisotopic (exact) mass is 961 g/mol. The number of carbonyl (C=O) groups is 6. The molecule has 2 aliphatic heterocycles. The second-order valence-electron chi connectivity index (χ2n) is 21.0. The van der Waals surface area contributed by atoms with Crippen LogP contribution >= 0.6 is 0 Å². The minimum absolute atomic E-state index is 0.0181. The molecule has 0 unspecified atom stereocenters. The molecule has 4 aromatic carbocycles. The van der Waals surface area contributed by atoms with E-state index in [-0.39, 0.29) is 97.5 Å². The highest BCUT2D eigenvalue weighted by molar-refractivity contribution is 6.00. The quantitative estimate of drug-likeness (QED) is 0.0551. The van der Waals surface area contributed by atoms with E-state index >= 15 is 0 Å². The topological polar surface area (TPSA) is 157 Å². The van der Waals surface area contributed by atoms with Gasteiger partial charge in [-0.2, -0.15) is 0 Å². The predicted molar refractivity (Wildman–Crippen MR) is 274 cm³/mol. The SMILES string of the molecule is CCCCCCCCCCCCNC(=O)[C@@H]1CN(C(=O)c2ccc(C(=O)N3C[C@@H](C(=O)N[C@H]4C[C@@H]4c4ccccc4)[C@H](C(=O)N[C@H]4C[C@@H]4c4ccccc4)C3)cc2)C[C@H]1C(=O)N[C@H]1C[C@@H]1c1ccccc1. The lowest BCUT2D eigenvalue weighted by atomic mass is 9.94. The number of unbranched alkanes of at least 4 members (excludes halogenated alkanes) is 9. The lowest BCUT2D eigenvalue weighted by Crippen LogP contribution is -2.43. The Morgan fingerprint density at radius 2 is 0.718 bits per heavy atom. The van der Waals surface area contributed by atoms with Crippen molar-refractivity contribution in [3.8, 4) is 0 Å². The van der Waals surface area contributed by atoms with Crippen molar-refractivity contribution in [1.29, 1.82) is 0 Å². The van der Waals surface area contributed by atoms with E-state index in [1.807, 2.05) is 54.6 Å². The molecular formula is C59H72N6O6. The first-order valence-electron chi connectivity index (χ1n) is 26.7. The fraction of sp³-hybridized carbons (Fsp3) is 0.492. The summed E-state index contributed by atoms with van der Waals surface area (Å²) in [4.78, 5) is 87.3. The van der Waals surface area contributed by atoms with Crippen molar-refractivity contribution in [2.75, 3.05) is 32.7 Å². The van der Waals surface area contributed by atoms with Gasteiger partial charge in [-0.3, -0.25) is 28.8 Å². The number of benzene rings is 4. The fourth-order valence-corrected chi connectivity index (χ4v) is 11.2. The number of rotatable bonds is 23. The minimum Gasteiger partial charge on any atom is -0.356 e. The molecule has 12 nitrogen and oxygen atoms in total. The second-order valence-corrected chi connectivity index (χ2v) is 21.0. The summed E-state index contributed by atoms with van der Waals surface area (Å²) in [7, 11) is 0. The largest absolute Gasteiger partial charge is 0.356 e. The normalized spacial score (nSPS) is 26.0. The van der Waals surface area contributed by atoms with Gasteiger partial charge >= 0.3 is 0 Å². The molecule has 6 amide bonds. The van der Waals surface area contributed by atoms with Crippen LogP contribution in [0.1, 0.15) is 146 Å². The zero-order valence-corrected chi connectivity index (χ0v) is 41.3. The van der Waals surface area contributed by atoms with Crippen molar-refractivity contribution < 1.29 is 28.8 Å². The van der Waals surface area contributed by atoms with Crippen LogP contribution in [-0.2, 0) is 19.2 Å². The van der Waals surface area contributed by atoms with Crippen LogP contribution in [0.5, 0.6) is 0 Å². The van der Waals surface area contributed by atoms with Gasteiger partial charge in [-0.05, 0) is 66.6 Å². The second kappa shape index (κ2) is 23.3. The van der Waals surface area contributed by atoms with Gasteiger partial charge in [0.1, 0.15) is 0 Å². The lowest BCUT2D eigenvalue weighted by molar-refractivity contribution is -0.133. The molecule has 5 fully saturated rings. The molecule has 0 bridgehead atoms. The van der Waals surface area contributed by atoms with E-state index in [4.69, 9.17) is 0 Å². The van der Waals surface area contributed by atoms with Gasteiger partial charge in [0.2, 0.25) is 23.6 Å². The highest BCUT2D eigenvalue weighted by Gasteiger charge is 2.50. The summed E-state index contributed by atoms with van der Waals surface area (Å²) in [5.41, 5.74) is 4.17. The molecular weight excluding hydrogens is 889 g/mol. The van der Waals surface area contributed by atoms with Crippen molar-refractivity contribution in [2.24, 2.45) is 23.7 Å². The molecule has 4 N–H and O–H groups in total.